The molecular formula is C13H26N2O2. The molecule has 2 N–H and O–H groups in total. The van der Waals surface area contributed by atoms with E-state index in [0.29, 0.717) is 0 Å². The summed E-state index contributed by atoms with van der Waals surface area (Å²) in [7, 11) is 3.62. The number of nitrogens with two attached hydrogens (primary N) is 1. The molecule has 0 aromatic heterocycles. The van der Waals surface area contributed by atoms with Crippen molar-refractivity contribution in [3.05, 3.63) is 0 Å². The summed E-state index contributed by atoms with van der Waals surface area (Å²) in [5.41, 5.74) is 5.77. The molecule has 1 amide bonds. The molecule has 0 heterocycles. The lowest BCUT2D eigenvalue weighted by Gasteiger charge is -2.58. The van der Waals surface area contributed by atoms with Crippen molar-refractivity contribution in [1.29, 1.82) is 0 Å². The standard InChI is InChI=1S/C13H26N2O2/c1-6-13(7-2)10(8-11(13)17-5)15(4)12(16)9(3)14/h9-11H,6-8,14H2,1-5H3/t9-,10-,11+/m0/s1. The Balaban J connectivity index is 2.82. The average Bonchev–Trinajstić information content (AvgIpc) is 2.29. The van der Waals surface area contributed by atoms with Crippen molar-refractivity contribution in [2.24, 2.45) is 11.1 Å². The summed E-state index contributed by atoms with van der Waals surface area (Å²) >= 11 is 0. The molecule has 4 heteroatoms. The predicted octanol–water partition coefficient (Wildman–Crippen LogP) is 1.39. The second-order valence-electron chi connectivity index (χ2n) is 5.15. The first-order chi connectivity index (χ1) is 7.94. The zero-order valence-electron chi connectivity index (χ0n) is 11.7. The summed E-state index contributed by atoms with van der Waals surface area (Å²) in [6.07, 6.45) is 3.26. The fraction of sp³-hybridized carbons (Fsp3) is 0.923. The topological polar surface area (TPSA) is 55.6 Å². The van der Waals surface area contributed by atoms with E-state index in [1.807, 2.05) is 11.9 Å². The third-order valence-electron chi connectivity index (χ3n) is 4.55. The van der Waals surface area contributed by atoms with Gasteiger partial charge in [0.2, 0.25) is 5.91 Å². The molecule has 4 nitrogen and oxygen atoms in total. The molecule has 0 aromatic carbocycles. The zero-order chi connectivity index (χ0) is 13.2. The van der Waals surface area contributed by atoms with Gasteiger partial charge in [0.1, 0.15) is 0 Å². The van der Waals surface area contributed by atoms with Crippen LogP contribution in [-0.4, -0.2) is 43.2 Å². The first-order valence-corrected chi connectivity index (χ1v) is 6.49. The van der Waals surface area contributed by atoms with E-state index in [0.717, 1.165) is 19.3 Å². The van der Waals surface area contributed by atoms with Crippen LogP contribution < -0.4 is 5.73 Å². The number of hydrogen-bond donors (Lipinski definition) is 1. The summed E-state index contributed by atoms with van der Waals surface area (Å²) < 4.78 is 5.54. The number of carbonyl (C=O) groups excluding carboxylic acids is 1. The van der Waals surface area contributed by atoms with Crippen LogP contribution in [0.4, 0.5) is 0 Å². The van der Waals surface area contributed by atoms with Crippen molar-refractivity contribution >= 4 is 5.91 Å². The molecule has 0 bridgehead atoms. The van der Waals surface area contributed by atoms with Crippen LogP contribution in [0.1, 0.15) is 40.0 Å². The minimum absolute atomic E-state index is 0.0239. The number of ether oxygens (including phenoxy) is 1. The Bertz CT molecular complexity index is 275. The number of rotatable bonds is 5. The monoisotopic (exact) mass is 242 g/mol. The summed E-state index contributed by atoms with van der Waals surface area (Å²) in [4.78, 5) is 13.8. The van der Waals surface area contributed by atoms with E-state index >= 15 is 0 Å². The van der Waals surface area contributed by atoms with Crippen LogP contribution >= 0.6 is 0 Å². The van der Waals surface area contributed by atoms with Crippen LogP contribution in [0.3, 0.4) is 0 Å². The molecule has 0 spiro atoms. The van der Waals surface area contributed by atoms with Crippen LogP contribution in [0.15, 0.2) is 0 Å². The van der Waals surface area contributed by atoms with Gasteiger partial charge >= 0.3 is 0 Å². The SMILES string of the molecule is CCC1(CC)[C@@H](N(C)C(=O)[C@H](C)N)C[C@H]1OC. The Labute approximate surface area is 104 Å². The Kier molecular flexibility index (Phi) is 4.55. The van der Waals surface area contributed by atoms with E-state index in [4.69, 9.17) is 10.5 Å². The molecule has 17 heavy (non-hydrogen) atoms. The van der Waals surface area contributed by atoms with Crippen LogP contribution in [0.25, 0.3) is 0 Å². The molecule has 0 aromatic rings. The van der Waals surface area contributed by atoms with Crippen LogP contribution in [0.5, 0.6) is 0 Å². The molecule has 0 radical (unpaired) electrons. The maximum atomic E-state index is 12.0. The number of carbonyl (C=O) groups is 1. The van der Waals surface area contributed by atoms with Gasteiger partial charge in [-0.25, -0.2) is 0 Å². The molecule has 1 aliphatic rings. The minimum atomic E-state index is -0.423. The van der Waals surface area contributed by atoms with Crippen LogP contribution in [0.2, 0.25) is 0 Å². The molecule has 3 atom stereocenters. The lowest BCUT2D eigenvalue weighted by molar-refractivity contribution is -0.170. The number of hydrogen-bond acceptors (Lipinski definition) is 3. The Morgan fingerprint density at radius 3 is 2.41 bits per heavy atom. The van der Waals surface area contributed by atoms with Crippen molar-refractivity contribution in [2.75, 3.05) is 14.2 Å². The molecule has 0 aliphatic heterocycles. The van der Waals surface area contributed by atoms with Gasteiger partial charge in [-0.3, -0.25) is 4.79 Å². The van der Waals surface area contributed by atoms with Crippen LogP contribution in [-0.2, 0) is 9.53 Å². The molecule has 0 unspecified atom stereocenters. The number of methoxy groups -OCH3 is 1. The van der Waals surface area contributed by atoms with Gasteiger partial charge in [0.25, 0.3) is 0 Å². The molecule has 1 rings (SSSR count). The van der Waals surface area contributed by atoms with Gasteiger partial charge in [-0.2, -0.15) is 0 Å². The van der Waals surface area contributed by atoms with Crippen LogP contribution in [0, 0.1) is 5.41 Å². The Hall–Kier alpha value is -0.610. The number of amides is 1. The second kappa shape index (κ2) is 5.36. The molecular weight excluding hydrogens is 216 g/mol. The van der Waals surface area contributed by atoms with E-state index < -0.39 is 6.04 Å². The van der Waals surface area contributed by atoms with Crippen molar-refractivity contribution in [3.63, 3.8) is 0 Å². The minimum Gasteiger partial charge on any atom is -0.381 e. The summed E-state index contributed by atoms with van der Waals surface area (Å²) in [6.45, 7) is 6.09. The average molecular weight is 242 g/mol. The van der Waals surface area contributed by atoms with E-state index in [1.54, 1.807) is 14.0 Å². The van der Waals surface area contributed by atoms with E-state index in [2.05, 4.69) is 13.8 Å². The zero-order valence-corrected chi connectivity index (χ0v) is 11.7. The van der Waals surface area contributed by atoms with Crippen molar-refractivity contribution < 1.29 is 9.53 Å². The summed E-state index contributed by atoms with van der Waals surface area (Å²) in [6, 6.07) is -0.158. The molecule has 1 saturated carbocycles. The second-order valence-corrected chi connectivity index (χ2v) is 5.15. The number of likely N-dealkylation sites (N-methyl/N-ethyl adjacent to an activating group) is 1. The van der Waals surface area contributed by atoms with Crippen molar-refractivity contribution in [3.8, 4) is 0 Å². The lowest BCUT2D eigenvalue weighted by Crippen LogP contribution is -2.65. The van der Waals surface area contributed by atoms with Gasteiger partial charge in [0.15, 0.2) is 0 Å². The third kappa shape index (κ3) is 2.20. The van der Waals surface area contributed by atoms with E-state index in [9.17, 15) is 4.79 Å². The highest BCUT2D eigenvalue weighted by Gasteiger charge is 2.55. The lowest BCUT2D eigenvalue weighted by atomic mass is 9.58. The first kappa shape index (κ1) is 14.5. The largest absolute Gasteiger partial charge is 0.381 e. The van der Waals surface area contributed by atoms with Gasteiger partial charge < -0.3 is 15.4 Å². The Morgan fingerprint density at radius 2 is 2.06 bits per heavy atom. The van der Waals surface area contributed by atoms with Crippen molar-refractivity contribution in [2.45, 2.75) is 58.2 Å². The predicted molar refractivity (Wildman–Crippen MR) is 68.6 cm³/mol. The highest BCUT2D eigenvalue weighted by molar-refractivity contribution is 5.81. The molecule has 1 fully saturated rings. The van der Waals surface area contributed by atoms with Gasteiger partial charge in [0, 0.05) is 25.6 Å². The van der Waals surface area contributed by atoms with E-state index in [1.165, 1.54) is 0 Å². The normalized spacial score (nSPS) is 28.4. The summed E-state index contributed by atoms with van der Waals surface area (Å²) in [5, 5.41) is 0. The van der Waals surface area contributed by atoms with E-state index in [-0.39, 0.29) is 23.5 Å². The van der Waals surface area contributed by atoms with Gasteiger partial charge in [-0.15, -0.1) is 0 Å². The fourth-order valence-corrected chi connectivity index (χ4v) is 3.25. The smallest absolute Gasteiger partial charge is 0.239 e. The summed E-state index contributed by atoms with van der Waals surface area (Å²) in [5.74, 6) is 0.0239. The maximum Gasteiger partial charge on any atom is 0.239 e. The Morgan fingerprint density at radius 1 is 1.53 bits per heavy atom. The molecule has 1 aliphatic carbocycles. The molecule has 0 saturated heterocycles. The van der Waals surface area contributed by atoms with Gasteiger partial charge in [-0.1, -0.05) is 13.8 Å². The van der Waals surface area contributed by atoms with Crippen molar-refractivity contribution in [1.82, 2.24) is 4.90 Å². The molecule has 100 valence electrons. The maximum absolute atomic E-state index is 12.0. The highest BCUT2D eigenvalue weighted by atomic mass is 16.5. The first-order valence-electron chi connectivity index (χ1n) is 6.49. The highest BCUT2D eigenvalue weighted by Crippen LogP contribution is 2.50. The quantitative estimate of drug-likeness (QED) is 0.792. The number of nitrogens with zero attached hydrogens (tertiary/aromatic N) is 1. The van der Waals surface area contributed by atoms with Gasteiger partial charge in [-0.05, 0) is 26.2 Å². The van der Waals surface area contributed by atoms with Gasteiger partial charge in [0.05, 0.1) is 12.1 Å². The third-order valence-corrected chi connectivity index (χ3v) is 4.55. The fourth-order valence-electron chi connectivity index (χ4n) is 3.25.